The summed E-state index contributed by atoms with van der Waals surface area (Å²) in [5.41, 5.74) is 1.26. The van der Waals surface area contributed by atoms with Crippen molar-refractivity contribution in [2.75, 3.05) is 6.54 Å². The molecule has 0 amide bonds. The van der Waals surface area contributed by atoms with Crippen LogP contribution in [0.1, 0.15) is 39.7 Å². The molecule has 1 rings (SSSR count). The van der Waals surface area contributed by atoms with Gasteiger partial charge in [0.2, 0.25) is 0 Å². The van der Waals surface area contributed by atoms with Gasteiger partial charge in [-0.3, -0.25) is 0 Å². The van der Waals surface area contributed by atoms with Crippen molar-refractivity contribution in [1.29, 1.82) is 0 Å². The summed E-state index contributed by atoms with van der Waals surface area (Å²) >= 11 is 3.48. The molecule has 0 aliphatic rings. The summed E-state index contributed by atoms with van der Waals surface area (Å²) < 4.78 is 14.2. The first-order valence-corrected chi connectivity index (χ1v) is 7.31. The van der Waals surface area contributed by atoms with Crippen molar-refractivity contribution in [3.05, 3.63) is 34.1 Å². The molecule has 18 heavy (non-hydrogen) atoms. The van der Waals surface area contributed by atoms with Crippen LogP contribution in [0.3, 0.4) is 0 Å². The van der Waals surface area contributed by atoms with Crippen LogP contribution < -0.4 is 5.32 Å². The molecular weight excluding hydrogens is 293 g/mol. The van der Waals surface area contributed by atoms with Crippen LogP contribution in [-0.4, -0.2) is 12.6 Å². The molecule has 1 unspecified atom stereocenters. The Hall–Kier alpha value is -0.410. The molecule has 0 radical (unpaired) electrons. The van der Waals surface area contributed by atoms with E-state index in [0.29, 0.717) is 6.04 Å². The van der Waals surface area contributed by atoms with Gasteiger partial charge in [-0.05, 0) is 48.6 Å². The lowest BCUT2D eigenvalue weighted by Crippen LogP contribution is -2.40. The molecule has 0 bridgehead atoms. The van der Waals surface area contributed by atoms with E-state index in [2.05, 4.69) is 48.9 Å². The van der Waals surface area contributed by atoms with Crippen LogP contribution in [0, 0.1) is 11.2 Å². The van der Waals surface area contributed by atoms with Gasteiger partial charge in [0.15, 0.2) is 0 Å². The number of nitrogens with one attached hydrogen (secondary N) is 1. The molecule has 0 heterocycles. The maximum Gasteiger partial charge on any atom is 0.123 e. The van der Waals surface area contributed by atoms with Crippen LogP contribution in [0.4, 0.5) is 4.39 Å². The van der Waals surface area contributed by atoms with E-state index in [1.165, 1.54) is 6.07 Å². The van der Waals surface area contributed by atoms with Gasteiger partial charge in [0.25, 0.3) is 0 Å². The number of benzene rings is 1. The van der Waals surface area contributed by atoms with Gasteiger partial charge in [0, 0.05) is 10.5 Å². The Kier molecular flexibility index (Phi) is 5.80. The zero-order valence-electron chi connectivity index (χ0n) is 11.7. The normalized spacial score (nSPS) is 13.7. The molecule has 0 aliphatic heterocycles. The fraction of sp³-hybridized carbons (Fsp3) is 0.600. The van der Waals surface area contributed by atoms with Gasteiger partial charge in [-0.1, -0.05) is 43.6 Å². The minimum absolute atomic E-state index is 0.163. The Labute approximate surface area is 118 Å². The highest BCUT2D eigenvalue weighted by atomic mass is 79.9. The van der Waals surface area contributed by atoms with Gasteiger partial charge in [-0.25, -0.2) is 4.39 Å². The van der Waals surface area contributed by atoms with E-state index < -0.39 is 0 Å². The molecule has 0 fully saturated rings. The lowest BCUT2D eigenvalue weighted by molar-refractivity contribution is 0.258. The Bertz CT molecular complexity index is 385. The smallest absolute Gasteiger partial charge is 0.123 e. The van der Waals surface area contributed by atoms with Crippen molar-refractivity contribution in [2.45, 2.75) is 46.6 Å². The number of hydrogen-bond donors (Lipinski definition) is 1. The van der Waals surface area contributed by atoms with Gasteiger partial charge >= 0.3 is 0 Å². The van der Waals surface area contributed by atoms with Crippen molar-refractivity contribution in [3.63, 3.8) is 0 Å². The Morgan fingerprint density at radius 3 is 2.56 bits per heavy atom. The van der Waals surface area contributed by atoms with E-state index in [-0.39, 0.29) is 11.2 Å². The number of rotatable bonds is 5. The molecule has 3 heteroatoms. The van der Waals surface area contributed by atoms with Crippen LogP contribution in [0.2, 0.25) is 0 Å². The summed E-state index contributed by atoms with van der Waals surface area (Å²) in [6, 6.07) is 5.33. The zero-order chi connectivity index (χ0) is 13.8. The largest absolute Gasteiger partial charge is 0.314 e. The standard InChI is InChI=1S/C15H23BrFN/c1-5-18-14(15(2,3)4)9-6-11-10-12(17)7-8-13(11)16/h7-8,10,14,18H,5-6,9H2,1-4H3. The van der Waals surface area contributed by atoms with Crippen LogP contribution in [0.5, 0.6) is 0 Å². The molecule has 0 spiro atoms. The Morgan fingerprint density at radius 1 is 1.33 bits per heavy atom. The summed E-state index contributed by atoms with van der Waals surface area (Å²) in [7, 11) is 0. The molecule has 0 aliphatic carbocycles. The van der Waals surface area contributed by atoms with Crippen molar-refractivity contribution < 1.29 is 4.39 Å². The molecular formula is C15H23BrFN. The predicted octanol–water partition coefficient (Wildman–Crippen LogP) is 4.55. The minimum atomic E-state index is -0.163. The third-order valence-electron chi connectivity index (χ3n) is 3.21. The summed E-state index contributed by atoms with van der Waals surface area (Å²) in [5, 5.41) is 3.52. The van der Waals surface area contributed by atoms with Crippen LogP contribution >= 0.6 is 15.9 Å². The number of aryl methyl sites for hydroxylation is 1. The van der Waals surface area contributed by atoms with Crippen LogP contribution in [-0.2, 0) is 6.42 Å². The minimum Gasteiger partial charge on any atom is -0.314 e. The molecule has 1 aromatic carbocycles. The zero-order valence-corrected chi connectivity index (χ0v) is 13.3. The van der Waals surface area contributed by atoms with E-state index in [1.54, 1.807) is 12.1 Å². The number of halogens is 2. The maximum atomic E-state index is 13.2. The quantitative estimate of drug-likeness (QED) is 0.840. The van der Waals surface area contributed by atoms with E-state index in [4.69, 9.17) is 0 Å². The van der Waals surface area contributed by atoms with Crippen molar-refractivity contribution in [1.82, 2.24) is 5.32 Å². The molecule has 1 atom stereocenters. The first-order chi connectivity index (χ1) is 8.34. The second-order valence-electron chi connectivity index (χ2n) is 5.75. The molecule has 0 aromatic heterocycles. The maximum absolute atomic E-state index is 13.2. The summed E-state index contributed by atoms with van der Waals surface area (Å²) in [4.78, 5) is 0. The predicted molar refractivity (Wildman–Crippen MR) is 79.3 cm³/mol. The van der Waals surface area contributed by atoms with Crippen molar-refractivity contribution in [3.8, 4) is 0 Å². The van der Waals surface area contributed by atoms with E-state index >= 15 is 0 Å². The first-order valence-electron chi connectivity index (χ1n) is 6.52. The second-order valence-corrected chi connectivity index (χ2v) is 6.61. The third kappa shape index (κ3) is 4.69. The molecule has 1 N–H and O–H groups in total. The molecule has 0 saturated carbocycles. The molecule has 102 valence electrons. The van der Waals surface area contributed by atoms with E-state index in [1.807, 2.05) is 0 Å². The van der Waals surface area contributed by atoms with E-state index in [0.717, 1.165) is 29.4 Å². The molecule has 1 nitrogen and oxygen atoms in total. The van der Waals surface area contributed by atoms with Gasteiger partial charge in [-0.2, -0.15) is 0 Å². The van der Waals surface area contributed by atoms with Crippen molar-refractivity contribution in [2.24, 2.45) is 5.41 Å². The third-order valence-corrected chi connectivity index (χ3v) is 3.98. The monoisotopic (exact) mass is 315 g/mol. The number of hydrogen-bond acceptors (Lipinski definition) is 1. The van der Waals surface area contributed by atoms with Gasteiger partial charge in [-0.15, -0.1) is 0 Å². The van der Waals surface area contributed by atoms with Gasteiger partial charge in [0.05, 0.1) is 0 Å². The molecule has 1 aromatic rings. The first kappa shape index (κ1) is 15.6. The highest BCUT2D eigenvalue weighted by molar-refractivity contribution is 9.10. The highest BCUT2D eigenvalue weighted by Crippen LogP contribution is 2.25. The summed E-state index contributed by atoms with van der Waals surface area (Å²) in [6.07, 6.45) is 1.90. The average Bonchev–Trinajstić information content (AvgIpc) is 2.27. The van der Waals surface area contributed by atoms with Gasteiger partial charge < -0.3 is 5.32 Å². The Morgan fingerprint density at radius 2 is 2.00 bits per heavy atom. The fourth-order valence-electron chi connectivity index (χ4n) is 2.12. The van der Waals surface area contributed by atoms with Crippen molar-refractivity contribution >= 4 is 15.9 Å². The summed E-state index contributed by atoms with van der Waals surface area (Å²) in [6.45, 7) is 9.80. The molecule has 0 saturated heterocycles. The van der Waals surface area contributed by atoms with Crippen LogP contribution in [0.25, 0.3) is 0 Å². The second kappa shape index (κ2) is 6.67. The van der Waals surface area contributed by atoms with Gasteiger partial charge in [0.1, 0.15) is 5.82 Å². The van der Waals surface area contributed by atoms with Crippen LogP contribution in [0.15, 0.2) is 22.7 Å². The lowest BCUT2D eigenvalue weighted by atomic mass is 9.83. The summed E-state index contributed by atoms with van der Waals surface area (Å²) in [5.74, 6) is -0.163. The lowest BCUT2D eigenvalue weighted by Gasteiger charge is -2.31. The Balaban J connectivity index is 2.70. The topological polar surface area (TPSA) is 12.0 Å². The van der Waals surface area contributed by atoms with E-state index in [9.17, 15) is 4.39 Å². The average molecular weight is 316 g/mol. The highest BCUT2D eigenvalue weighted by Gasteiger charge is 2.23. The SMILES string of the molecule is CCNC(CCc1cc(F)ccc1Br)C(C)(C)C. The fourth-order valence-corrected chi connectivity index (χ4v) is 2.57.